The molecule has 2 bridgehead atoms. The van der Waals surface area contributed by atoms with E-state index in [1.54, 1.807) is 0 Å². The predicted octanol–water partition coefficient (Wildman–Crippen LogP) is 2.05. The average molecular weight is 331 g/mol. The van der Waals surface area contributed by atoms with E-state index in [-0.39, 0.29) is 0 Å². The van der Waals surface area contributed by atoms with E-state index in [4.69, 9.17) is 19.3 Å². The van der Waals surface area contributed by atoms with Gasteiger partial charge >= 0.3 is 0 Å². The van der Waals surface area contributed by atoms with Crippen molar-refractivity contribution in [1.82, 2.24) is 14.7 Å². The van der Waals surface area contributed by atoms with Gasteiger partial charge in [-0.2, -0.15) is 5.10 Å². The summed E-state index contributed by atoms with van der Waals surface area (Å²) in [7, 11) is 0. The number of benzene rings is 1. The summed E-state index contributed by atoms with van der Waals surface area (Å²) in [5.74, 6) is 0. The Bertz CT molecular complexity index is 656. The van der Waals surface area contributed by atoms with Crippen LogP contribution in [0.25, 0.3) is 10.9 Å². The Hall–Kier alpha value is -1.89. The SMILES string of the molecule is C=COCCN1CCOCCOCCn2cc3cccc(c3n2)C1. The van der Waals surface area contributed by atoms with Crippen LogP contribution in [0.4, 0.5) is 0 Å². The average Bonchev–Trinajstić information content (AvgIpc) is 3.00. The van der Waals surface area contributed by atoms with Crippen molar-refractivity contribution in [3.63, 3.8) is 0 Å². The van der Waals surface area contributed by atoms with Crippen molar-refractivity contribution in [1.29, 1.82) is 0 Å². The van der Waals surface area contributed by atoms with Crippen molar-refractivity contribution in [2.45, 2.75) is 13.1 Å². The second kappa shape index (κ2) is 8.82. The van der Waals surface area contributed by atoms with Crippen molar-refractivity contribution in [2.24, 2.45) is 0 Å². The maximum Gasteiger partial charge on any atom is 0.1000 e. The van der Waals surface area contributed by atoms with Crippen LogP contribution in [-0.4, -0.2) is 60.8 Å². The summed E-state index contributed by atoms with van der Waals surface area (Å²) in [6.07, 6.45) is 3.57. The summed E-state index contributed by atoms with van der Waals surface area (Å²) in [6.45, 7) is 10.0. The Morgan fingerprint density at radius 2 is 2.00 bits per heavy atom. The third-order valence-electron chi connectivity index (χ3n) is 4.09. The fourth-order valence-corrected chi connectivity index (χ4v) is 2.85. The molecule has 3 rings (SSSR count). The number of ether oxygens (including phenoxy) is 3. The quantitative estimate of drug-likeness (QED) is 0.634. The Labute approximate surface area is 142 Å². The Balaban J connectivity index is 1.80. The molecule has 1 aliphatic rings. The van der Waals surface area contributed by atoms with E-state index >= 15 is 0 Å². The first-order valence-corrected chi connectivity index (χ1v) is 8.42. The topological polar surface area (TPSA) is 48.8 Å². The van der Waals surface area contributed by atoms with Gasteiger partial charge in [0.15, 0.2) is 0 Å². The normalized spacial score (nSPS) is 17.7. The van der Waals surface area contributed by atoms with Crippen molar-refractivity contribution in [3.8, 4) is 0 Å². The first kappa shape index (κ1) is 17.0. The highest BCUT2D eigenvalue weighted by Crippen LogP contribution is 2.19. The van der Waals surface area contributed by atoms with Gasteiger partial charge in [0.2, 0.25) is 0 Å². The molecule has 0 radical (unpaired) electrons. The molecule has 0 saturated heterocycles. The van der Waals surface area contributed by atoms with Gasteiger partial charge < -0.3 is 14.2 Å². The van der Waals surface area contributed by atoms with Crippen molar-refractivity contribution in [2.75, 3.05) is 46.1 Å². The molecule has 0 saturated carbocycles. The second-order valence-electron chi connectivity index (χ2n) is 5.79. The van der Waals surface area contributed by atoms with Gasteiger partial charge in [-0.05, 0) is 5.56 Å². The first-order valence-electron chi connectivity index (χ1n) is 8.42. The molecule has 1 aromatic carbocycles. The summed E-state index contributed by atoms with van der Waals surface area (Å²) in [6, 6.07) is 6.34. The van der Waals surface area contributed by atoms with Crippen LogP contribution in [0.2, 0.25) is 0 Å². The highest BCUT2D eigenvalue weighted by molar-refractivity contribution is 5.81. The third-order valence-corrected chi connectivity index (χ3v) is 4.09. The van der Waals surface area contributed by atoms with E-state index in [1.807, 2.05) is 4.68 Å². The Morgan fingerprint density at radius 3 is 2.83 bits per heavy atom. The largest absolute Gasteiger partial charge is 0.500 e. The van der Waals surface area contributed by atoms with Crippen LogP contribution in [-0.2, 0) is 27.3 Å². The second-order valence-corrected chi connectivity index (χ2v) is 5.79. The lowest BCUT2D eigenvalue weighted by molar-refractivity contribution is 0.0325. The zero-order valence-corrected chi connectivity index (χ0v) is 14.0. The third kappa shape index (κ3) is 4.56. The molecular formula is C18H25N3O3. The smallest absolute Gasteiger partial charge is 0.1000 e. The van der Waals surface area contributed by atoms with Crippen LogP contribution >= 0.6 is 0 Å². The van der Waals surface area contributed by atoms with Gasteiger partial charge in [-0.1, -0.05) is 24.8 Å². The number of rotatable bonds is 4. The van der Waals surface area contributed by atoms with Crippen LogP contribution < -0.4 is 0 Å². The minimum Gasteiger partial charge on any atom is -0.500 e. The van der Waals surface area contributed by atoms with Crippen LogP contribution in [0.5, 0.6) is 0 Å². The van der Waals surface area contributed by atoms with Gasteiger partial charge in [0.05, 0.1) is 51.4 Å². The first-order chi connectivity index (χ1) is 11.9. The highest BCUT2D eigenvalue weighted by atomic mass is 16.5. The van der Waals surface area contributed by atoms with Crippen LogP contribution in [0.1, 0.15) is 5.56 Å². The molecule has 130 valence electrons. The molecule has 0 amide bonds. The summed E-state index contributed by atoms with van der Waals surface area (Å²) in [5.41, 5.74) is 2.29. The van der Waals surface area contributed by atoms with Crippen LogP contribution in [0, 0.1) is 0 Å². The van der Waals surface area contributed by atoms with Crippen LogP contribution in [0.3, 0.4) is 0 Å². The van der Waals surface area contributed by atoms with E-state index in [2.05, 4.69) is 35.9 Å². The van der Waals surface area contributed by atoms with E-state index in [0.29, 0.717) is 33.0 Å². The molecule has 0 fully saturated rings. The summed E-state index contributed by atoms with van der Waals surface area (Å²) in [5, 5.41) is 5.91. The molecule has 0 spiro atoms. The van der Waals surface area contributed by atoms with Gasteiger partial charge in [-0.15, -0.1) is 0 Å². The molecular weight excluding hydrogens is 306 g/mol. The summed E-state index contributed by atoms with van der Waals surface area (Å²) in [4.78, 5) is 2.32. The van der Waals surface area contributed by atoms with Gasteiger partial charge in [-0.3, -0.25) is 9.58 Å². The molecule has 0 unspecified atom stereocenters. The number of hydrogen-bond donors (Lipinski definition) is 0. The van der Waals surface area contributed by atoms with Crippen LogP contribution in [0.15, 0.2) is 37.2 Å². The highest BCUT2D eigenvalue weighted by Gasteiger charge is 2.12. The zero-order valence-electron chi connectivity index (χ0n) is 14.0. The standard InChI is InChI=1S/C18H25N3O3/c1-2-22-9-6-20-7-10-23-12-13-24-11-8-21-15-17-5-3-4-16(14-20)18(17)19-21/h2-5,15H,1,6-14H2. The molecule has 0 aliphatic carbocycles. The van der Waals surface area contributed by atoms with Crippen molar-refractivity contribution >= 4 is 10.9 Å². The minimum atomic E-state index is 0.617. The zero-order chi connectivity index (χ0) is 16.6. The molecule has 1 aromatic heterocycles. The minimum absolute atomic E-state index is 0.617. The summed E-state index contributed by atoms with van der Waals surface area (Å²) >= 11 is 0. The van der Waals surface area contributed by atoms with E-state index in [1.165, 1.54) is 17.2 Å². The Kier molecular flexibility index (Phi) is 6.23. The lowest BCUT2D eigenvalue weighted by Crippen LogP contribution is -2.31. The molecule has 0 atom stereocenters. The summed E-state index contributed by atoms with van der Waals surface area (Å²) < 4.78 is 18.5. The maximum atomic E-state index is 5.67. The maximum absolute atomic E-state index is 5.67. The number of fused-ring (bicyclic) bond motifs is 1. The molecule has 1 aliphatic heterocycles. The fraction of sp³-hybridized carbons (Fsp3) is 0.500. The lowest BCUT2D eigenvalue weighted by atomic mass is 10.1. The molecule has 6 heteroatoms. The number of nitrogens with zero attached hydrogens (tertiary/aromatic N) is 3. The lowest BCUT2D eigenvalue weighted by Gasteiger charge is -2.22. The van der Waals surface area contributed by atoms with E-state index in [0.717, 1.165) is 31.7 Å². The van der Waals surface area contributed by atoms with Crippen molar-refractivity contribution in [3.05, 3.63) is 42.8 Å². The van der Waals surface area contributed by atoms with E-state index in [9.17, 15) is 0 Å². The number of hydrogen-bond acceptors (Lipinski definition) is 5. The van der Waals surface area contributed by atoms with E-state index < -0.39 is 0 Å². The molecule has 24 heavy (non-hydrogen) atoms. The molecule has 0 N–H and O–H groups in total. The molecule has 2 heterocycles. The van der Waals surface area contributed by atoms with Gasteiger partial charge in [0, 0.05) is 31.2 Å². The predicted molar refractivity (Wildman–Crippen MR) is 92.8 cm³/mol. The van der Waals surface area contributed by atoms with Gasteiger partial charge in [0.25, 0.3) is 0 Å². The molecule has 2 aromatic rings. The monoisotopic (exact) mass is 331 g/mol. The number of aromatic nitrogens is 2. The molecule has 6 nitrogen and oxygen atoms in total. The van der Waals surface area contributed by atoms with Gasteiger partial charge in [0.1, 0.15) is 0 Å². The van der Waals surface area contributed by atoms with Crippen molar-refractivity contribution < 1.29 is 14.2 Å². The fourth-order valence-electron chi connectivity index (χ4n) is 2.85. The van der Waals surface area contributed by atoms with Gasteiger partial charge in [-0.25, -0.2) is 0 Å². The Morgan fingerprint density at radius 1 is 1.17 bits per heavy atom.